The summed E-state index contributed by atoms with van der Waals surface area (Å²) in [6, 6.07) is 6.26. The van der Waals surface area contributed by atoms with E-state index in [2.05, 4.69) is 5.32 Å². The van der Waals surface area contributed by atoms with Crippen LogP contribution in [-0.4, -0.2) is 23.4 Å². The molecule has 0 aliphatic heterocycles. The highest BCUT2D eigenvalue weighted by atomic mass is 35.5. The van der Waals surface area contributed by atoms with E-state index in [-0.39, 0.29) is 36.5 Å². The number of benzene rings is 1. The zero-order chi connectivity index (χ0) is 13.5. The largest absolute Gasteiger partial charge is 0.356 e. The standard InChI is InChI=1S/C12H17N3O3.ClH/c1-9(13)6-7-14-12(16)8-10-4-2-3-5-11(10)15(17)18;/h2-5,9H,6-8,13H2,1H3,(H,14,16);1H. The summed E-state index contributed by atoms with van der Waals surface area (Å²) in [4.78, 5) is 21.9. The molecule has 3 N–H and O–H groups in total. The lowest BCUT2D eigenvalue weighted by molar-refractivity contribution is -0.385. The van der Waals surface area contributed by atoms with Crippen LogP contribution in [-0.2, 0) is 11.2 Å². The maximum Gasteiger partial charge on any atom is 0.273 e. The van der Waals surface area contributed by atoms with E-state index in [1.54, 1.807) is 18.2 Å². The van der Waals surface area contributed by atoms with Gasteiger partial charge in [-0.3, -0.25) is 14.9 Å². The topological polar surface area (TPSA) is 98.3 Å². The minimum Gasteiger partial charge on any atom is -0.356 e. The van der Waals surface area contributed by atoms with Crippen LogP contribution in [0.4, 0.5) is 5.69 Å². The number of halogens is 1. The molecule has 1 rings (SSSR count). The summed E-state index contributed by atoms with van der Waals surface area (Å²) in [7, 11) is 0. The zero-order valence-corrected chi connectivity index (χ0v) is 11.5. The van der Waals surface area contributed by atoms with E-state index in [0.29, 0.717) is 18.5 Å². The fourth-order valence-corrected chi connectivity index (χ4v) is 1.51. The minimum atomic E-state index is -0.482. The van der Waals surface area contributed by atoms with Gasteiger partial charge in [0.1, 0.15) is 0 Å². The molecular formula is C12H18ClN3O3. The molecule has 0 bridgehead atoms. The van der Waals surface area contributed by atoms with Crippen molar-refractivity contribution >= 4 is 24.0 Å². The third kappa shape index (κ3) is 6.17. The Morgan fingerprint density at radius 2 is 2.11 bits per heavy atom. The molecule has 106 valence electrons. The van der Waals surface area contributed by atoms with E-state index in [9.17, 15) is 14.9 Å². The Morgan fingerprint density at radius 1 is 1.47 bits per heavy atom. The smallest absolute Gasteiger partial charge is 0.273 e. The second-order valence-corrected chi connectivity index (χ2v) is 4.18. The number of hydrogen-bond acceptors (Lipinski definition) is 4. The maximum absolute atomic E-state index is 11.6. The van der Waals surface area contributed by atoms with E-state index < -0.39 is 4.92 Å². The summed E-state index contributed by atoms with van der Waals surface area (Å²) in [5.74, 6) is -0.232. The summed E-state index contributed by atoms with van der Waals surface area (Å²) >= 11 is 0. The van der Waals surface area contributed by atoms with Crippen molar-refractivity contribution < 1.29 is 9.72 Å². The molecule has 0 aliphatic rings. The first-order valence-corrected chi connectivity index (χ1v) is 5.75. The van der Waals surface area contributed by atoms with Crippen molar-refractivity contribution in [1.82, 2.24) is 5.32 Å². The Hall–Kier alpha value is -1.66. The number of rotatable bonds is 6. The second kappa shape index (κ2) is 8.44. The molecule has 19 heavy (non-hydrogen) atoms. The Labute approximate surface area is 117 Å². The number of nitrogens with zero attached hydrogens (tertiary/aromatic N) is 1. The first kappa shape index (κ1) is 17.3. The van der Waals surface area contributed by atoms with Crippen LogP contribution in [0.2, 0.25) is 0 Å². The molecule has 1 aromatic rings. The van der Waals surface area contributed by atoms with E-state index in [4.69, 9.17) is 5.73 Å². The van der Waals surface area contributed by atoms with Crippen LogP contribution in [0.1, 0.15) is 18.9 Å². The lowest BCUT2D eigenvalue weighted by atomic mass is 10.1. The Balaban J connectivity index is 0.00000324. The van der Waals surface area contributed by atoms with E-state index in [1.165, 1.54) is 6.07 Å². The predicted molar refractivity (Wildman–Crippen MR) is 75.3 cm³/mol. The predicted octanol–water partition coefficient (Wildman–Crippen LogP) is 1.41. The summed E-state index contributed by atoms with van der Waals surface area (Å²) in [6.45, 7) is 2.34. The summed E-state index contributed by atoms with van der Waals surface area (Å²) in [5.41, 5.74) is 5.94. The Bertz CT molecular complexity index is 438. The van der Waals surface area contributed by atoms with Crippen LogP contribution in [0.25, 0.3) is 0 Å². The van der Waals surface area contributed by atoms with Gasteiger partial charge in [0.05, 0.1) is 11.3 Å². The molecule has 0 heterocycles. The van der Waals surface area contributed by atoms with Gasteiger partial charge in [-0.05, 0) is 13.3 Å². The minimum absolute atomic E-state index is 0. The highest BCUT2D eigenvalue weighted by Crippen LogP contribution is 2.17. The summed E-state index contributed by atoms with van der Waals surface area (Å²) < 4.78 is 0. The van der Waals surface area contributed by atoms with Gasteiger partial charge in [0.25, 0.3) is 5.69 Å². The first-order valence-electron chi connectivity index (χ1n) is 5.75. The zero-order valence-electron chi connectivity index (χ0n) is 10.7. The molecule has 1 atom stereocenters. The van der Waals surface area contributed by atoms with Gasteiger partial charge in [0, 0.05) is 24.2 Å². The van der Waals surface area contributed by atoms with Crippen LogP contribution in [0.5, 0.6) is 0 Å². The van der Waals surface area contributed by atoms with E-state index >= 15 is 0 Å². The van der Waals surface area contributed by atoms with Crippen molar-refractivity contribution in [3.8, 4) is 0 Å². The average molecular weight is 288 g/mol. The molecule has 0 aromatic heterocycles. The van der Waals surface area contributed by atoms with Crippen molar-refractivity contribution in [3.05, 3.63) is 39.9 Å². The normalized spacial score (nSPS) is 11.3. The lowest BCUT2D eigenvalue weighted by Gasteiger charge is -2.07. The van der Waals surface area contributed by atoms with Crippen LogP contribution in [0, 0.1) is 10.1 Å². The molecule has 0 saturated carbocycles. The van der Waals surface area contributed by atoms with Crippen LogP contribution in [0.15, 0.2) is 24.3 Å². The number of amides is 1. The number of hydrogen-bond donors (Lipinski definition) is 2. The van der Waals surface area contributed by atoms with Crippen molar-refractivity contribution in [3.63, 3.8) is 0 Å². The number of carbonyl (C=O) groups is 1. The molecule has 1 aromatic carbocycles. The lowest BCUT2D eigenvalue weighted by Crippen LogP contribution is -2.30. The Morgan fingerprint density at radius 3 is 2.68 bits per heavy atom. The molecule has 0 aliphatic carbocycles. The van der Waals surface area contributed by atoms with Gasteiger partial charge in [-0.2, -0.15) is 0 Å². The highest BCUT2D eigenvalue weighted by Gasteiger charge is 2.15. The number of para-hydroxylation sites is 1. The summed E-state index contributed by atoms with van der Waals surface area (Å²) in [5, 5.41) is 13.5. The monoisotopic (exact) mass is 287 g/mol. The number of nitro benzene ring substituents is 1. The quantitative estimate of drug-likeness (QED) is 0.610. The fraction of sp³-hybridized carbons (Fsp3) is 0.417. The molecule has 0 spiro atoms. The molecule has 0 saturated heterocycles. The van der Waals surface area contributed by atoms with Crippen molar-refractivity contribution in [2.24, 2.45) is 5.73 Å². The van der Waals surface area contributed by atoms with Gasteiger partial charge >= 0.3 is 0 Å². The molecule has 0 fully saturated rings. The van der Waals surface area contributed by atoms with Crippen LogP contribution >= 0.6 is 12.4 Å². The maximum atomic E-state index is 11.6. The number of nitrogens with one attached hydrogen (secondary N) is 1. The number of nitro groups is 1. The number of carbonyl (C=O) groups excluding carboxylic acids is 1. The van der Waals surface area contributed by atoms with Crippen molar-refractivity contribution in [1.29, 1.82) is 0 Å². The molecule has 1 amide bonds. The molecular weight excluding hydrogens is 270 g/mol. The summed E-state index contributed by atoms with van der Waals surface area (Å²) in [6.07, 6.45) is 0.693. The van der Waals surface area contributed by atoms with Gasteiger partial charge in [-0.1, -0.05) is 18.2 Å². The van der Waals surface area contributed by atoms with Gasteiger partial charge in [0.15, 0.2) is 0 Å². The first-order chi connectivity index (χ1) is 8.50. The average Bonchev–Trinajstić information content (AvgIpc) is 2.28. The van der Waals surface area contributed by atoms with E-state index in [1.807, 2.05) is 6.92 Å². The van der Waals surface area contributed by atoms with Gasteiger partial charge < -0.3 is 11.1 Å². The molecule has 1 unspecified atom stereocenters. The van der Waals surface area contributed by atoms with Crippen molar-refractivity contribution in [2.45, 2.75) is 25.8 Å². The number of nitrogens with two attached hydrogens (primary N) is 1. The van der Waals surface area contributed by atoms with Crippen molar-refractivity contribution in [2.75, 3.05) is 6.54 Å². The third-order valence-corrected chi connectivity index (χ3v) is 2.46. The van der Waals surface area contributed by atoms with E-state index in [0.717, 1.165) is 0 Å². The molecule has 0 radical (unpaired) electrons. The fourth-order valence-electron chi connectivity index (χ4n) is 1.51. The van der Waals surface area contributed by atoms with Crippen LogP contribution in [0.3, 0.4) is 0 Å². The second-order valence-electron chi connectivity index (χ2n) is 4.18. The molecule has 7 heteroatoms. The van der Waals surface area contributed by atoms with Gasteiger partial charge in [-0.15, -0.1) is 12.4 Å². The van der Waals surface area contributed by atoms with Gasteiger partial charge in [0.2, 0.25) is 5.91 Å². The van der Waals surface area contributed by atoms with Gasteiger partial charge in [-0.25, -0.2) is 0 Å². The highest BCUT2D eigenvalue weighted by molar-refractivity contribution is 5.85. The SMILES string of the molecule is CC(N)CCNC(=O)Cc1ccccc1[N+](=O)[O-].Cl. The third-order valence-electron chi connectivity index (χ3n) is 2.46. The molecule has 6 nitrogen and oxygen atoms in total. The van der Waals surface area contributed by atoms with Crippen LogP contribution < -0.4 is 11.1 Å². The Kier molecular flexibility index (Phi) is 7.71.